The monoisotopic (exact) mass is 271 g/mol. The smallest absolute Gasteiger partial charge is 0.0664 e. The van der Waals surface area contributed by atoms with Crippen molar-refractivity contribution in [2.45, 2.75) is 53.8 Å². The maximum atomic E-state index is 4.64. The van der Waals surface area contributed by atoms with Crippen molar-refractivity contribution < 1.29 is 0 Å². The van der Waals surface area contributed by atoms with Crippen molar-refractivity contribution >= 4 is 0 Å². The summed E-state index contributed by atoms with van der Waals surface area (Å²) in [6, 6.07) is 6.94. The zero-order chi connectivity index (χ0) is 14.7. The molecule has 0 aliphatic carbocycles. The Balaban J connectivity index is 2.16. The lowest BCUT2D eigenvalue weighted by Crippen LogP contribution is -2.21. The number of hydrogen-bond acceptors (Lipinski definition) is 2. The molecule has 20 heavy (non-hydrogen) atoms. The van der Waals surface area contributed by atoms with Gasteiger partial charge < -0.3 is 5.32 Å². The molecule has 2 rings (SSSR count). The van der Waals surface area contributed by atoms with Gasteiger partial charge in [0.15, 0.2) is 0 Å². The Bertz CT molecular complexity index is 562. The van der Waals surface area contributed by atoms with Crippen LogP contribution in [0.25, 0.3) is 0 Å². The normalized spacial score (nSPS) is 11.3. The highest BCUT2D eigenvalue weighted by atomic mass is 15.3. The summed E-state index contributed by atoms with van der Waals surface area (Å²) in [4.78, 5) is 0. The van der Waals surface area contributed by atoms with Gasteiger partial charge in [0.25, 0.3) is 0 Å². The van der Waals surface area contributed by atoms with Crippen molar-refractivity contribution in [1.82, 2.24) is 15.1 Å². The van der Waals surface area contributed by atoms with Gasteiger partial charge in [-0.2, -0.15) is 5.10 Å². The fraction of sp³-hybridized carbons (Fsp3) is 0.471. The highest BCUT2D eigenvalue weighted by molar-refractivity contribution is 5.33. The van der Waals surface area contributed by atoms with Crippen LogP contribution in [0, 0.1) is 20.8 Å². The van der Waals surface area contributed by atoms with Crippen molar-refractivity contribution in [2.24, 2.45) is 0 Å². The highest BCUT2D eigenvalue weighted by Gasteiger charge is 2.08. The van der Waals surface area contributed by atoms with Gasteiger partial charge in [-0.05, 0) is 37.5 Å². The zero-order valence-electron chi connectivity index (χ0n) is 13.2. The molecule has 3 heteroatoms. The molecule has 0 radical (unpaired) electrons. The van der Waals surface area contributed by atoms with Gasteiger partial charge in [0.2, 0.25) is 0 Å². The van der Waals surface area contributed by atoms with Crippen LogP contribution in [0.3, 0.4) is 0 Å². The molecule has 2 aromatic rings. The maximum absolute atomic E-state index is 4.64. The molecule has 0 unspecified atom stereocenters. The number of aryl methyl sites for hydroxylation is 3. The molecule has 1 aromatic heterocycles. The lowest BCUT2D eigenvalue weighted by Gasteiger charge is -2.09. The summed E-state index contributed by atoms with van der Waals surface area (Å²) in [5.41, 5.74) is 6.44. The summed E-state index contributed by atoms with van der Waals surface area (Å²) in [5.74, 6) is 0. The first-order chi connectivity index (χ1) is 9.47. The zero-order valence-corrected chi connectivity index (χ0v) is 13.2. The Morgan fingerprint density at radius 1 is 1.15 bits per heavy atom. The first-order valence-corrected chi connectivity index (χ1v) is 7.28. The third-order valence-corrected chi connectivity index (χ3v) is 3.71. The van der Waals surface area contributed by atoms with E-state index in [2.05, 4.69) is 74.1 Å². The van der Waals surface area contributed by atoms with Gasteiger partial charge in [-0.3, -0.25) is 4.68 Å². The van der Waals surface area contributed by atoms with Crippen molar-refractivity contribution in [3.63, 3.8) is 0 Å². The van der Waals surface area contributed by atoms with Crippen LogP contribution in [0.4, 0.5) is 0 Å². The maximum Gasteiger partial charge on any atom is 0.0664 e. The van der Waals surface area contributed by atoms with Gasteiger partial charge >= 0.3 is 0 Å². The SMILES string of the molecule is Cc1cccc(C)c1Cn1cc(CNC(C)C)c(C)n1. The number of nitrogens with one attached hydrogen (secondary N) is 1. The van der Waals surface area contributed by atoms with Crippen LogP contribution in [0.15, 0.2) is 24.4 Å². The lowest BCUT2D eigenvalue weighted by atomic mass is 10.0. The second-order valence-electron chi connectivity index (χ2n) is 5.84. The molecule has 1 heterocycles. The molecular weight excluding hydrogens is 246 g/mol. The lowest BCUT2D eigenvalue weighted by molar-refractivity contribution is 0.587. The van der Waals surface area contributed by atoms with Gasteiger partial charge in [-0.25, -0.2) is 0 Å². The predicted octanol–water partition coefficient (Wildman–Crippen LogP) is 3.35. The largest absolute Gasteiger partial charge is 0.310 e. The van der Waals surface area contributed by atoms with Crippen LogP contribution in [-0.2, 0) is 13.1 Å². The molecule has 108 valence electrons. The minimum Gasteiger partial charge on any atom is -0.310 e. The van der Waals surface area contributed by atoms with E-state index in [-0.39, 0.29) is 0 Å². The average Bonchev–Trinajstić information content (AvgIpc) is 2.72. The second-order valence-corrected chi connectivity index (χ2v) is 5.84. The van der Waals surface area contributed by atoms with Crippen molar-refractivity contribution in [2.75, 3.05) is 0 Å². The second kappa shape index (κ2) is 6.23. The predicted molar refractivity (Wildman–Crippen MR) is 84.0 cm³/mol. The third-order valence-electron chi connectivity index (χ3n) is 3.71. The molecule has 0 fully saturated rings. The first-order valence-electron chi connectivity index (χ1n) is 7.28. The molecule has 1 N–H and O–H groups in total. The van der Waals surface area contributed by atoms with Crippen molar-refractivity contribution in [3.8, 4) is 0 Å². The summed E-state index contributed by atoms with van der Waals surface area (Å²) in [6.45, 7) is 12.5. The first kappa shape index (κ1) is 14.8. The summed E-state index contributed by atoms with van der Waals surface area (Å²) >= 11 is 0. The van der Waals surface area contributed by atoms with E-state index in [0.29, 0.717) is 6.04 Å². The molecule has 1 aromatic carbocycles. The molecule has 0 amide bonds. The van der Waals surface area contributed by atoms with Crippen LogP contribution in [-0.4, -0.2) is 15.8 Å². The standard InChI is InChI=1S/C17H25N3/c1-12(2)18-9-16-10-20(19-15(16)5)11-17-13(3)7-6-8-14(17)4/h6-8,10,12,18H,9,11H2,1-5H3. The summed E-state index contributed by atoms with van der Waals surface area (Å²) in [6.07, 6.45) is 2.16. The van der Waals surface area contributed by atoms with Crippen molar-refractivity contribution in [1.29, 1.82) is 0 Å². The van der Waals surface area contributed by atoms with E-state index >= 15 is 0 Å². The quantitative estimate of drug-likeness (QED) is 0.903. The molecule has 0 aliphatic rings. The van der Waals surface area contributed by atoms with Gasteiger partial charge in [-0.1, -0.05) is 32.0 Å². The Labute approximate surface area is 122 Å². The fourth-order valence-electron chi connectivity index (χ4n) is 2.39. The van der Waals surface area contributed by atoms with E-state index in [4.69, 9.17) is 0 Å². The summed E-state index contributed by atoms with van der Waals surface area (Å²) in [5, 5.41) is 8.09. The number of benzene rings is 1. The fourth-order valence-corrected chi connectivity index (χ4v) is 2.39. The Morgan fingerprint density at radius 2 is 1.80 bits per heavy atom. The average molecular weight is 271 g/mol. The van der Waals surface area contributed by atoms with Gasteiger partial charge in [-0.15, -0.1) is 0 Å². The topological polar surface area (TPSA) is 29.9 Å². The van der Waals surface area contributed by atoms with E-state index in [9.17, 15) is 0 Å². The third kappa shape index (κ3) is 3.48. The summed E-state index contributed by atoms with van der Waals surface area (Å²) in [7, 11) is 0. The highest BCUT2D eigenvalue weighted by Crippen LogP contribution is 2.15. The Morgan fingerprint density at radius 3 is 2.40 bits per heavy atom. The van der Waals surface area contributed by atoms with E-state index in [0.717, 1.165) is 18.8 Å². The van der Waals surface area contributed by atoms with Crippen LogP contribution in [0.5, 0.6) is 0 Å². The minimum atomic E-state index is 0.497. The molecule has 0 bridgehead atoms. The molecule has 0 saturated heterocycles. The molecule has 0 spiro atoms. The van der Waals surface area contributed by atoms with Crippen LogP contribution in [0.2, 0.25) is 0 Å². The minimum absolute atomic E-state index is 0.497. The van der Waals surface area contributed by atoms with Crippen LogP contribution < -0.4 is 5.32 Å². The van der Waals surface area contributed by atoms with Crippen molar-refractivity contribution in [3.05, 3.63) is 52.3 Å². The number of rotatable bonds is 5. The van der Waals surface area contributed by atoms with Crippen LogP contribution >= 0.6 is 0 Å². The number of nitrogens with zero attached hydrogens (tertiary/aromatic N) is 2. The van der Waals surface area contributed by atoms with Gasteiger partial charge in [0.05, 0.1) is 12.2 Å². The molecule has 0 saturated carbocycles. The molecule has 3 nitrogen and oxygen atoms in total. The van der Waals surface area contributed by atoms with Gasteiger partial charge in [0.1, 0.15) is 0 Å². The van der Waals surface area contributed by atoms with E-state index in [1.807, 2.05) is 0 Å². The molecule has 0 aliphatic heterocycles. The van der Waals surface area contributed by atoms with E-state index in [1.165, 1.54) is 22.3 Å². The summed E-state index contributed by atoms with van der Waals surface area (Å²) < 4.78 is 2.06. The number of hydrogen-bond donors (Lipinski definition) is 1. The van der Waals surface area contributed by atoms with E-state index < -0.39 is 0 Å². The Kier molecular flexibility index (Phi) is 4.61. The number of aromatic nitrogens is 2. The Hall–Kier alpha value is -1.61. The van der Waals surface area contributed by atoms with Gasteiger partial charge in [0, 0.05) is 24.3 Å². The van der Waals surface area contributed by atoms with Crippen LogP contribution in [0.1, 0.15) is 41.8 Å². The van der Waals surface area contributed by atoms with E-state index in [1.54, 1.807) is 0 Å². The molecule has 0 atom stereocenters. The molecular formula is C17H25N3.